The summed E-state index contributed by atoms with van der Waals surface area (Å²) < 4.78 is 11.2. The predicted octanol–water partition coefficient (Wildman–Crippen LogP) is 2.16. The van der Waals surface area contributed by atoms with E-state index in [1.165, 1.54) is 32.4 Å². The molecule has 0 aliphatic carbocycles. The largest absolute Gasteiger partial charge is 0.381 e. The Kier molecular flexibility index (Phi) is 11.7. The van der Waals surface area contributed by atoms with E-state index in [9.17, 15) is 0 Å². The van der Waals surface area contributed by atoms with Crippen molar-refractivity contribution in [1.82, 2.24) is 20.4 Å². The number of nitrogens with one attached hydrogen (secondary N) is 2. The number of likely N-dealkylation sites (tertiary alicyclic amines) is 1. The molecule has 0 aromatic rings. The molecule has 0 aromatic carbocycles. The highest BCUT2D eigenvalue weighted by atomic mass is 127. The van der Waals surface area contributed by atoms with Gasteiger partial charge < -0.3 is 20.1 Å². The van der Waals surface area contributed by atoms with Gasteiger partial charge in [-0.1, -0.05) is 13.8 Å². The van der Waals surface area contributed by atoms with Crippen LogP contribution in [0.3, 0.4) is 0 Å². The van der Waals surface area contributed by atoms with E-state index < -0.39 is 0 Å². The molecule has 0 saturated carbocycles. The van der Waals surface area contributed by atoms with E-state index in [1.807, 2.05) is 7.05 Å². The second-order valence-corrected chi connectivity index (χ2v) is 9.27. The Hall–Kier alpha value is -0.160. The summed E-state index contributed by atoms with van der Waals surface area (Å²) in [5.74, 6) is 1.61. The van der Waals surface area contributed by atoms with E-state index in [0.29, 0.717) is 12.0 Å². The van der Waals surface area contributed by atoms with E-state index in [2.05, 4.69) is 39.3 Å². The highest BCUT2D eigenvalue weighted by molar-refractivity contribution is 14.0. The molecule has 0 radical (unpaired) electrons. The van der Waals surface area contributed by atoms with Crippen LogP contribution in [0.25, 0.3) is 0 Å². The van der Waals surface area contributed by atoms with Crippen molar-refractivity contribution in [2.75, 3.05) is 72.7 Å². The summed E-state index contributed by atoms with van der Waals surface area (Å²) in [6.45, 7) is 14.4. The summed E-state index contributed by atoms with van der Waals surface area (Å²) >= 11 is 0. The molecule has 3 rings (SSSR count). The third-order valence-corrected chi connectivity index (χ3v) is 6.82. The topological polar surface area (TPSA) is 61.4 Å². The van der Waals surface area contributed by atoms with Gasteiger partial charge in [-0.2, -0.15) is 0 Å². The Morgan fingerprint density at radius 3 is 2.20 bits per heavy atom. The number of morpholine rings is 1. The van der Waals surface area contributed by atoms with Crippen molar-refractivity contribution in [1.29, 1.82) is 0 Å². The van der Waals surface area contributed by atoms with Crippen molar-refractivity contribution in [2.45, 2.75) is 57.5 Å². The molecule has 1 atom stereocenters. The van der Waals surface area contributed by atoms with Crippen molar-refractivity contribution in [3.63, 3.8) is 0 Å². The van der Waals surface area contributed by atoms with Gasteiger partial charge in [0.2, 0.25) is 0 Å². The number of halogens is 1. The quantitative estimate of drug-likeness (QED) is 0.281. The number of hydrogen-bond donors (Lipinski definition) is 2. The zero-order valence-electron chi connectivity index (χ0n) is 19.3. The van der Waals surface area contributed by atoms with Crippen LogP contribution in [0.4, 0.5) is 0 Å². The van der Waals surface area contributed by atoms with Gasteiger partial charge in [0.1, 0.15) is 0 Å². The van der Waals surface area contributed by atoms with Gasteiger partial charge in [-0.05, 0) is 51.1 Å². The van der Waals surface area contributed by atoms with Crippen LogP contribution in [-0.2, 0) is 9.47 Å². The summed E-state index contributed by atoms with van der Waals surface area (Å²) in [5.41, 5.74) is 0.216. The van der Waals surface area contributed by atoms with Crippen molar-refractivity contribution in [3.8, 4) is 0 Å². The first-order chi connectivity index (χ1) is 14.1. The normalized spacial score (nSPS) is 24.5. The summed E-state index contributed by atoms with van der Waals surface area (Å²) in [5, 5.41) is 7.29. The van der Waals surface area contributed by atoms with Crippen LogP contribution >= 0.6 is 24.0 Å². The lowest BCUT2D eigenvalue weighted by Gasteiger charge is -2.45. The Bertz CT molecular complexity index is 502. The van der Waals surface area contributed by atoms with Crippen LogP contribution in [0.2, 0.25) is 0 Å². The predicted molar refractivity (Wildman–Crippen MR) is 134 cm³/mol. The van der Waals surface area contributed by atoms with Crippen LogP contribution in [-0.4, -0.2) is 100 Å². The van der Waals surface area contributed by atoms with Gasteiger partial charge in [-0.3, -0.25) is 14.8 Å². The Morgan fingerprint density at radius 2 is 1.60 bits per heavy atom. The second kappa shape index (κ2) is 13.4. The first-order valence-electron chi connectivity index (χ1n) is 11.7. The van der Waals surface area contributed by atoms with E-state index >= 15 is 0 Å². The highest BCUT2D eigenvalue weighted by Crippen LogP contribution is 2.30. The van der Waals surface area contributed by atoms with Gasteiger partial charge in [0.15, 0.2) is 5.96 Å². The standard InChI is InChI=1S/C22H43N5O2.HI/c1-19(2)16-20(26-10-14-29-15-11-26)17-24-21(23-3)25-18-22(6-12-28-13-7-22)27-8-4-5-9-27;/h19-20H,4-18H2,1-3H3,(H2,23,24,25);1H. The molecule has 30 heavy (non-hydrogen) atoms. The monoisotopic (exact) mass is 537 g/mol. The number of aliphatic imine (C=N–C) groups is 1. The van der Waals surface area contributed by atoms with Gasteiger partial charge in [0, 0.05) is 58.0 Å². The molecule has 0 spiro atoms. The van der Waals surface area contributed by atoms with Gasteiger partial charge >= 0.3 is 0 Å². The molecule has 0 amide bonds. The summed E-state index contributed by atoms with van der Waals surface area (Å²) in [6, 6.07) is 0.521. The fraction of sp³-hybridized carbons (Fsp3) is 0.955. The SMILES string of the molecule is CN=C(NCC(CC(C)C)N1CCOCC1)NCC1(N2CCCC2)CCOCC1.I. The molecule has 2 N–H and O–H groups in total. The smallest absolute Gasteiger partial charge is 0.191 e. The van der Waals surface area contributed by atoms with E-state index in [1.54, 1.807) is 0 Å². The lowest BCUT2D eigenvalue weighted by Crippen LogP contribution is -2.59. The van der Waals surface area contributed by atoms with Crippen LogP contribution in [0.15, 0.2) is 4.99 Å². The lowest BCUT2D eigenvalue weighted by atomic mass is 9.88. The minimum absolute atomic E-state index is 0. The molecule has 1 unspecified atom stereocenters. The highest BCUT2D eigenvalue weighted by Gasteiger charge is 2.39. The molecule has 3 heterocycles. The van der Waals surface area contributed by atoms with E-state index in [4.69, 9.17) is 9.47 Å². The van der Waals surface area contributed by atoms with Gasteiger partial charge in [-0.15, -0.1) is 24.0 Å². The number of guanidine groups is 1. The Balaban J connectivity index is 0.00000320. The number of hydrogen-bond acceptors (Lipinski definition) is 5. The van der Waals surface area contributed by atoms with Gasteiger partial charge in [-0.25, -0.2) is 0 Å². The number of rotatable bonds is 8. The van der Waals surface area contributed by atoms with Crippen molar-refractivity contribution < 1.29 is 9.47 Å². The molecule has 3 saturated heterocycles. The van der Waals surface area contributed by atoms with Crippen LogP contribution < -0.4 is 10.6 Å². The molecule has 3 aliphatic rings. The summed E-state index contributed by atoms with van der Waals surface area (Å²) in [7, 11) is 1.88. The van der Waals surface area contributed by atoms with Gasteiger partial charge in [0.25, 0.3) is 0 Å². The molecular formula is C22H44IN5O2. The van der Waals surface area contributed by atoms with Gasteiger partial charge in [0.05, 0.1) is 13.2 Å². The molecule has 3 fully saturated rings. The van der Waals surface area contributed by atoms with Crippen LogP contribution in [0, 0.1) is 5.92 Å². The molecule has 0 bridgehead atoms. The molecule has 3 aliphatic heterocycles. The van der Waals surface area contributed by atoms with Crippen molar-refractivity contribution in [3.05, 3.63) is 0 Å². The lowest BCUT2D eigenvalue weighted by molar-refractivity contribution is -0.0164. The maximum atomic E-state index is 5.68. The third-order valence-electron chi connectivity index (χ3n) is 6.82. The minimum Gasteiger partial charge on any atom is -0.381 e. The fourth-order valence-electron chi connectivity index (χ4n) is 5.08. The Labute approximate surface area is 200 Å². The number of ether oxygens (including phenoxy) is 2. The Morgan fingerprint density at radius 1 is 0.967 bits per heavy atom. The minimum atomic E-state index is 0. The fourth-order valence-corrected chi connectivity index (χ4v) is 5.08. The molecule has 0 aromatic heterocycles. The molecule has 176 valence electrons. The summed E-state index contributed by atoms with van der Waals surface area (Å²) in [4.78, 5) is 9.80. The first-order valence-corrected chi connectivity index (χ1v) is 11.7. The molecule has 8 heteroatoms. The first kappa shape index (κ1) is 26.1. The zero-order chi connectivity index (χ0) is 20.5. The summed E-state index contributed by atoms with van der Waals surface area (Å²) in [6.07, 6.45) is 6.07. The third kappa shape index (κ3) is 7.46. The number of nitrogens with zero attached hydrogens (tertiary/aromatic N) is 3. The zero-order valence-corrected chi connectivity index (χ0v) is 21.7. The van der Waals surface area contributed by atoms with Crippen LogP contribution in [0.5, 0.6) is 0 Å². The molecule has 7 nitrogen and oxygen atoms in total. The van der Waals surface area contributed by atoms with Crippen LogP contribution in [0.1, 0.15) is 46.0 Å². The maximum Gasteiger partial charge on any atom is 0.191 e. The average Bonchev–Trinajstić information content (AvgIpc) is 3.30. The average molecular weight is 538 g/mol. The molecular weight excluding hydrogens is 493 g/mol. The van der Waals surface area contributed by atoms with E-state index in [-0.39, 0.29) is 29.5 Å². The van der Waals surface area contributed by atoms with Crippen molar-refractivity contribution >= 4 is 29.9 Å². The second-order valence-electron chi connectivity index (χ2n) is 9.27. The van der Waals surface area contributed by atoms with Crippen molar-refractivity contribution in [2.24, 2.45) is 10.9 Å². The van der Waals surface area contributed by atoms with E-state index in [0.717, 1.165) is 71.4 Å². The maximum absolute atomic E-state index is 5.68.